The van der Waals surface area contributed by atoms with Gasteiger partial charge in [-0.1, -0.05) is 12.1 Å². The van der Waals surface area contributed by atoms with Crippen LogP contribution in [0.2, 0.25) is 0 Å². The third-order valence-electron chi connectivity index (χ3n) is 2.32. The Balaban J connectivity index is 2.26. The van der Waals surface area contributed by atoms with E-state index in [1.54, 1.807) is 7.11 Å². The third kappa shape index (κ3) is 1.87. The number of hydrogen-bond acceptors (Lipinski definition) is 3. The van der Waals surface area contributed by atoms with Gasteiger partial charge in [-0.3, -0.25) is 0 Å². The van der Waals surface area contributed by atoms with Crippen molar-refractivity contribution in [2.45, 2.75) is 12.8 Å². The van der Waals surface area contributed by atoms with E-state index >= 15 is 0 Å². The molecule has 0 aromatic heterocycles. The summed E-state index contributed by atoms with van der Waals surface area (Å²) < 4.78 is 5.17. The van der Waals surface area contributed by atoms with Crippen LogP contribution in [0.5, 0.6) is 5.75 Å². The second-order valence-corrected chi connectivity index (χ2v) is 3.30. The molecule has 0 saturated carbocycles. The fraction of sp³-hybridized carbons (Fsp3) is 0.364. The molecule has 14 heavy (non-hydrogen) atoms. The van der Waals surface area contributed by atoms with Gasteiger partial charge in [-0.15, -0.1) is 0 Å². The number of ether oxygens (including phenoxy) is 1. The van der Waals surface area contributed by atoms with E-state index in [0.29, 0.717) is 0 Å². The highest BCUT2D eigenvalue weighted by Gasteiger charge is 2.07. The fourth-order valence-electron chi connectivity index (χ4n) is 1.55. The molecule has 0 spiro atoms. The Morgan fingerprint density at radius 2 is 2.36 bits per heavy atom. The van der Waals surface area contributed by atoms with Gasteiger partial charge in [0.05, 0.1) is 12.8 Å². The highest BCUT2D eigenvalue weighted by molar-refractivity contribution is 6.00. The lowest BCUT2D eigenvalue weighted by molar-refractivity contribution is 0.414. The molecule has 0 unspecified atom stereocenters. The molecule has 0 bridgehead atoms. The first-order valence-corrected chi connectivity index (χ1v) is 4.84. The van der Waals surface area contributed by atoms with Gasteiger partial charge in [-0.2, -0.15) is 5.10 Å². The Kier molecular flexibility index (Phi) is 2.68. The monoisotopic (exact) mass is 190 g/mol. The lowest BCUT2D eigenvalue weighted by atomic mass is 10.0. The standard InChI is InChI=1S/C11H14N2O/c1-14-10-5-2-4-9(8-10)11-6-3-7-12-13-11/h2,4-5,8,12H,3,6-7H2,1H3. The Bertz CT molecular complexity index is 347. The average Bonchev–Trinajstić information content (AvgIpc) is 2.30. The number of methoxy groups -OCH3 is 1. The van der Waals surface area contributed by atoms with Gasteiger partial charge in [0.2, 0.25) is 0 Å². The summed E-state index contributed by atoms with van der Waals surface area (Å²) in [6.45, 7) is 0.980. The van der Waals surface area contributed by atoms with E-state index in [0.717, 1.165) is 36.4 Å². The minimum atomic E-state index is 0.885. The van der Waals surface area contributed by atoms with Crippen LogP contribution >= 0.6 is 0 Å². The quantitative estimate of drug-likeness (QED) is 0.771. The molecule has 0 fully saturated rings. The van der Waals surface area contributed by atoms with Gasteiger partial charge in [0, 0.05) is 12.1 Å². The van der Waals surface area contributed by atoms with E-state index in [2.05, 4.69) is 16.6 Å². The van der Waals surface area contributed by atoms with Crippen molar-refractivity contribution in [3.63, 3.8) is 0 Å². The molecule has 1 heterocycles. The summed E-state index contributed by atoms with van der Waals surface area (Å²) >= 11 is 0. The molecular formula is C11H14N2O. The summed E-state index contributed by atoms with van der Waals surface area (Å²) in [6, 6.07) is 8.02. The van der Waals surface area contributed by atoms with Gasteiger partial charge < -0.3 is 10.2 Å². The summed E-state index contributed by atoms with van der Waals surface area (Å²) in [5.74, 6) is 0.885. The van der Waals surface area contributed by atoms with Gasteiger partial charge >= 0.3 is 0 Å². The van der Waals surface area contributed by atoms with Crippen molar-refractivity contribution in [1.29, 1.82) is 0 Å². The lowest BCUT2D eigenvalue weighted by Gasteiger charge is -2.13. The molecule has 0 radical (unpaired) electrons. The van der Waals surface area contributed by atoms with Crippen molar-refractivity contribution in [3.8, 4) is 5.75 Å². The number of hydrogen-bond donors (Lipinski definition) is 1. The van der Waals surface area contributed by atoms with Gasteiger partial charge in [0.15, 0.2) is 0 Å². The summed E-state index contributed by atoms with van der Waals surface area (Å²) in [5.41, 5.74) is 5.29. The maximum absolute atomic E-state index is 5.17. The van der Waals surface area contributed by atoms with Crippen molar-refractivity contribution in [1.82, 2.24) is 5.43 Å². The van der Waals surface area contributed by atoms with Gasteiger partial charge in [0.1, 0.15) is 5.75 Å². The number of benzene rings is 1. The van der Waals surface area contributed by atoms with Crippen LogP contribution < -0.4 is 10.2 Å². The molecule has 1 aromatic carbocycles. The molecule has 0 saturated heterocycles. The first kappa shape index (κ1) is 9.06. The number of hydrazone groups is 1. The molecule has 0 atom stereocenters. The highest BCUT2D eigenvalue weighted by atomic mass is 16.5. The minimum absolute atomic E-state index is 0.885. The second-order valence-electron chi connectivity index (χ2n) is 3.30. The first-order valence-electron chi connectivity index (χ1n) is 4.84. The molecule has 2 rings (SSSR count). The van der Waals surface area contributed by atoms with Crippen LogP contribution in [-0.4, -0.2) is 19.4 Å². The van der Waals surface area contributed by atoms with Crippen molar-refractivity contribution >= 4 is 5.71 Å². The molecule has 1 aromatic rings. The van der Waals surface area contributed by atoms with Gasteiger partial charge in [0.25, 0.3) is 0 Å². The summed E-state index contributed by atoms with van der Waals surface area (Å²) in [7, 11) is 1.68. The van der Waals surface area contributed by atoms with Crippen LogP contribution in [-0.2, 0) is 0 Å². The van der Waals surface area contributed by atoms with Crippen LogP contribution in [0.4, 0.5) is 0 Å². The van der Waals surface area contributed by atoms with Crippen LogP contribution in [0, 0.1) is 0 Å². The molecule has 3 nitrogen and oxygen atoms in total. The minimum Gasteiger partial charge on any atom is -0.497 e. The fourth-order valence-corrected chi connectivity index (χ4v) is 1.55. The van der Waals surface area contributed by atoms with Crippen LogP contribution in [0.3, 0.4) is 0 Å². The molecule has 1 aliphatic heterocycles. The summed E-state index contributed by atoms with van der Waals surface area (Å²) in [6.07, 6.45) is 2.19. The predicted octanol–water partition coefficient (Wildman–Crippen LogP) is 1.78. The molecule has 3 heteroatoms. The summed E-state index contributed by atoms with van der Waals surface area (Å²) in [4.78, 5) is 0. The molecule has 0 amide bonds. The zero-order chi connectivity index (χ0) is 9.80. The SMILES string of the molecule is COc1cccc(C2=NNCCC2)c1. The molecular weight excluding hydrogens is 176 g/mol. The first-order chi connectivity index (χ1) is 6.90. The zero-order valence-electron chi connectivity index (χ0n) is 8.29. The van der Waals surface area contributed by atoms with E-state index in [9.17, 15) is 0 Å². The van der Waals surface area contributed by atoms with Crippen molar-refractivity contribution in [3.05, 3.63) is 29.8 Å². The third-order valence-corrected chi connectivity index (χ3v) is 2.32. The maximum atomic E-state index is 5.17. The Morgan fingerprint density at radius 3 is 3.07 bits per heavy atom. The lowest BCUT2D eigenvalue weighted by Crippen LogP contribution is -2.19. The topological polar surface area (TPSA) is 33.6 Å². The van der Waals surface area contributed by atoms with Crippen LogP contribution in [0.25, 0.3) is 0 Å². The van der Waals surface area contributed by atoms with E-state index in [1.807, 2.05) is 18.2 Å². The van der Waals surface area contributed by atoms with E-state index in [4.69, 9.17) is 4.74 Å². The maximum Gasteiger partial charge on any atom is 0.119 e. The van der Waals surface area contributed by atoms with E-state index in [1.165, 1.54) is 0 Å². The number of nitrogens with zero attached hydrogens (tertiary/aromatic N) is 1. The predicted molar refractivity (Wildman–Crippen MR) is 56.8 cm³/mol. The van der Waals surface area contributed by atoms with Gasteiger partial charge in [-0.25, -0.2) is 0 Å². The smallest absolute Gasteiger partial charge is 0.119 e. The molecule has 1 N–H and O–H groups in total. The average molecular weight is 190 g/mol. The Labute approximate surface area is 83.8 Å². The normalized spacial score (nSPS) is 15.6. The van der Waals surface area contributed by atoms with E-state index < -0.39 is 0 Å². The van der Waals surface area contributed by atoms with Crippen LogP contribution in [0.1, 0.15) is 18.4 Å². The molecule has 1 aliphatic rings. The Morgan fingerprint density at radius 1 is 1.43 bits per heavy atom. The van der Waals surface area contributed by atoms with Crippen molar-refractivity contribution in [2.75, 3.05) is 13.7 Å². The zero-order valence-corrected chi connectivity index (χ0v) is 8.29. The van der Waals surface area contributed by atoms with E-state index in [-0.39, 0.29) is 0 Å². The second kappa shape index (κ2) is 4.13. The van der Waals surface area contributed by atoms with Crippen molar-refractivity contribution in [2.24, 2.45) is 5.10 Å². The number of nitrogens with one attached hydrogen (secondary N) is 1. The highest BCUT2D eigenvalue weighted by Crippen LogP contribution is 2.16. The molecule has 74 valence electrons. The van der Waals surface area contributed by atoms with Gasteiger partial charge in [-0.05, 0) is 25.0 Å². The van der Waals surface area contributed by atoms with Crippen molar-refractivity contribution < 1.29 is 4.74 Å². The summed E-state index contributed by atoms with van der Waals surface area (Å²) in [5, 5.41) is 4.29. The Hall–Kier alpha value is -1.51. The van der Waals surface area contributed by atoms with Crippen LogP contribution in [0.15, 0.2) is 29.4 Å². The largest absolute Gasteiger partial charge is 0.497 e. The number of rotatable bonds is 2. The molecule has 0 aliphatic carbocycles.